The van der Waals surface area contributed by atoms with Crippen molar-refractivity contribution in [2.45, 2.75) is 37.1 Å². The van der Waals surface area contributed by atoms with Gasteiger partial charge in [-0.2, -0.15) is 0 Å². The molecule has 0 spiro atoms. The molecule has 24 heavy (non-hydrogen) atoms. The van der Waals surface area contributed by atoms with Crippen molar-refractivity contribution in [2.75, 3.05) is 13.2 Å². The second kappa shape index (κ2) is 6.90. The first-order valence-corrected chi connectivity index (χ1v) is 8.72. The first-order chi connectivity index (χ1) is 11.4. The number of hydrogen-bond acceptors (Lipinski definition) is 3. The summed E-state index contributed by atoms with van der Waals surface area (Å²) in [4.78, 5) is 23.8. The zero-order valence-corrected chi connectivity index (χ0v) is 14.6. The molecule has 1 aliphatic carbocycles. The summed E-state index contributed by atoms with van der Waals surface area (Å²) in [7, 11) is 0. The number of nitrogens with one attached hydrogen (secondary N) is 1. The van der Waals surface area contributed by atoms with E-state index in [-0.39, 0.29) is 24.2 Å². The van der Waals surface area contributed by atoms with E-state index in [0.717, 1.165) is 12.0 Å². The van der Waals surface area contributed by atoms with Crippen molar-refractivity contribution in [1.82, 2.24) is 5.32 Å². The van der Waals surface area contributed by atoms with Crippen LogP contribution in [0.1, 0.15) is 37.2 Å². The highest BCUT2D eigenvalue weighted by Crippen LogP contribution is 2.49. The van der Waals surface area contributed by atoms with Crippen molar-refractivity contribution in [1.29, 1.82) is 0 Å². The molecule has 1 amide bonds. The van der Waals surface area contributed by atoms with Gasteiger partial charge in [-0.3, -0.25) is 9.59 Å². The minimum atomic E-state index is -0.911. The Bertz CT molecular complexity index is 638. The fourth-order valence-corrected chi connectivity index (χ4v) is 3.94. The van der Waals surface area contributed by atoms with Gasteiger partial charge in [0.15, 0.2) is 0 Å². The van der Waals surface area contributed by atoms with E-state index in [1.807, 2.05) is 12.1 Å². The van der Waals surface area contributed by atoms with E-state index in [0.29, 0.717) is 36.1 Å². The van der Waals surface area contributed by atoms with Gasteiger partial charge in [0, 0.05) is 29.2 Å². The van der Waals surface area contributed by atoms with E-state index < -0.39 is 11.5 Å². The van der Waals surface area contributed by atoms with E-state index in [4.69, 9.17) is 33.0 Å². The standard InChI is InChI=1S/C17H19Cl2NO4/c18-11-5-10(6-12(19)7-11)13-8-14(13)16(23)20-17(9-15(21)22)1-3-24-4-2-17/h5-7,13-14H,1-4,8-9H2,(H,20,23)(H,21,22). The SMILES string of the molecule is O=C(O)CC1(NC(=O)C2CC2c2cc(Cl)cc(Cl)c2)CCOCC1. The molecule has 0 aromatic heterocycles. The van der Waals surface area contributed by atoms with Crippen LogP contribution in [0.25, 0.3) is 0 Å². The third kappa shape index (κ3) is 4.02. The molecule has 1 aromatic carbocycles. The molecule has 0 radical (unpaired) electrons. The summed E-state index contributed by atoms with van der Waals surface area (Å²) in [6.07, 6.45) is 1.68. The number of amides is 1. The van der Waals surface area contributed by atoms with E-state index in [9.17, 15) is 9.59 Å². The maximum Gasteiger partial charge on any atom is 0.305 e. The Balaban J connectivity index is 1.67. The van der Waals surface area contributed by atoms with Gasteiger partial charge in [-0.15, -0.1) is 0 Å². The fraction of sp³-hybridized carbons (Fsp3) is 0.529. The molecule has 1 heterocycles. The lowest BCUT2D eigenvalue weighted by atomic mass is 9.86. The van der Waals surface area contributed by atoms with Gasteiger partial charge < -0.3 is 15.2 Å². The average Bonchev–Trinajstić information content (AvgIpc) is 3.26. The molecule has 130 valence electrons. The predicted octanol–water partition coefficient (Wildman–Crippen LogP) is 3.24. The molecule has 0 bridgehead atoms. The molecule has 2 fully saturated rings. The van der Waals surface area contributed by atoms with Gasteiger partial charge in [-0.25, -0.2) is 0 Å². The lowest BCUT2D eigenvalue weighted by molar-refractivity contribution is -0.140. The molecule has 3 rings (SSSR count). The summed E-state index contributed by atoms with van der Waals surface area (Å²) >= 11 is 12.0. The van der Waals surface area contributed by atoms with Crippen molar-refractivity contribution >= 4 is 35.1 Å². The maximum absolute atomic E-state index is 12.6. The second-order valence-electron chi connectivity index (χ2n) is 6.60. The van der Waals surface area contributed by atoms with Crippen LogP contribution in [0.2, 0.25) is 10.0 Å². The summed E-state index contributed by atoms with van der Waals surface area (Å²) in [5.74, 6) is -1.08. The fourth-order valence-electron chi connectivity index (χ4n) is 3.39. The third-order valence-corrected chi connectivity index (χ3v) is 5.20. The number of benzene rings is 1. The van der Waals surface area contributed by atoms with Gasteiger partial charge >= 0.3 is 5.97 Å². The van der Waals surface area contributed by atoms with E-state index in [2.05, 4.69) is 5.32 Å². The molecule has 2 atom stereocenters. The van der Waals surface area contributed by atoms with Crippen LogP contribution in [0, 0.1) is 5.92 Å². The molecule has 7 heteroatoms. The Morgan fingerprint density at radius 1 is 1.21 bits per heavy atom. The highest BCUT2D eigenvalue weighted by molar-refractivity contribution is 6.34. The Morgan fingerprint density at radius 2 is 1.83 bits per heavy atom. The van der Waals surface area contributed by atoms with Gasteiger partial charge in [0.25, 0.3) is 0 Å². The number of halogens is 2. The van der Waals surface area contributed by atoms with Crippen molar-refractivity contribution < 1.29 is 19.4 Å². The summed E-state index contributed by atoms with van der Waals surface area (Å²) in [5, 5.41) is 13.3. The van der Waals surface area contributed by atoms with Crippen LogP contribution in [0.15, 0.2) is 18.2 Å². The Kier molecular flexibility index (Phi) is 5.04. The van der Waals surface area contributed by atoms with Crippen LogP contribution in [0.4, 0.5) is 0 Å². The summed E-state index contributed by atoms with van der Waals surface area (Å²) in [6, 6.07) is 5.31. The minimum absolute atomic E-state index is 0.0809. The lowest BCUT2D eigenvalue weighted by Gasteiger charge is -2.37. The van der Waals surface area contributed by atoms with Gasteiger partial charge in [-0.1, -0.05) is 23.2 Å². The largest absolute Gasteiger partial charge is 0.481 e. The Labute approximate surface area is 150 Å². The van der Waals surface area contributed by atoms with Crippen LogP contribution < -0.4 is 5.32 Å². The number of hydrogen-bond donors (Lipinski definition) is 2. The highest BCUT2D eigenvalue weighted by Gasteiger charge is 2.47. The van der Waals surface area contributed by atoms with Gasteiger partial charge in [0.2, 0.25) is 5.91 Å². The maximum atomic E-state index is 12.6. The van der Waals surface area contributed by atoms with Crippen LogP contribution >= 0.6 is 23.2 Å². The summed E-state index contributed by atoms with van der Waals surface area (Å²) in [5.41, 5.74) is 0.243. The molecule has 1 saturated heterocycles. The van der Waals surface area contributed by atoms with Crippen molar-refractivity contribution in [3.8, 4) is 0 Å². The molecule has 2 aliphatic rings. The average molecular weight is 372 g/mol. The normalized spacial score (nSPS) is 25.1. The zero-order valence-electron chi connectivity index (χ0n) is 13.1. The zero-order chi connectivity index (χ0) is 17.3. The van der Waals surface area contributed by atoms with E-state index in [1.54, 1.807) is 6.07 Å². The van der Waals surface area contributed by atoms with Gasteiger partial charge in [0.1, 0.15) is 0 Å². The van der Waals surface area contributed by atoms with Gasteiger partial charge in [0.05, 0.1) is 12.0 Å². The lowest BCUT2D eigenvalue weighted by Crippen LogP contribution is -2.53. The monoisotopic (exact) mass is 371 g/mol. The van der Waals surface area contributed by atoms with Crippen molar-refractivity contribution in [3.63, 3.8) is 0 Å². The number of aliphatic carboxylic acids is 1. The molecule has 2 unspecified atom stereocenters. The number of carboxylic acids is 1. The molecule has 1 aliphatic heterocycles. The summed E-state index contributed by atoms with van der Waals surface area (Å²) < 4.78 is 5.31. The van der Waals surface area contributed by atoms with E-state index in [1.165, 1.54) is 0 Å². The molecule has 5 nitrogen and oxygen atoms in total. The minimum Gasteiger partial charge on any atom is -0.481 e. The molecule has 2 N–H and O–H groups in total. The number of ether oxygens (including phenoxy) is 1. The Morgan fingerprint density at radius 3 is 2.42 bits per heavy atom. The molecular formula is C17H19Cl2NO4. The second-order valence-corrected chi connectivity index (χ2v) is 7.48. The summed E-state index contributed by atoms with van der Waals surface area (Å²) in [6.45, 7) is 0.928. The number of carbonyl (C=O) groups excluding carboxylic acids is 1. The van der Waals surface area contributed by atoms with Gasteiger partial charge in [-0.05, 0) is 48.9 Å². The quantitative estimate of drug-likeness (QED) is 0.832. The van der Waals surface area contributed by atoms with Crippen LogP contribution in [-0.2, 0) is 14.3 Å². The molecule has 1 saturated carbocycles. The topological polar surface area (TPSA) is 75.6 Å². The van der Waals surface area contributed by atoms with Crippen LogP contribution in [-0.4, -0.2) is 35.7 Å². The predicted molar refractivity (Wildman–Crippen MR) is 90.5 cm³/mol. The smallest absolute Gasteiger partial charge is 0.305 e. The highest BCUT2D eigenvalue weighted by atomic mass is 35.5. The Hall–Kier alpha value is -1.30. The number of carbonyl (C=O) groups is 2. The molecule has 1 aromatic rings. The van der Waals surface area contributed by atoms with Crippen LogP contribution in [0.5, 0.6) is 0 Å². The third-order valence-electron chi connectivity index (χ3n) is 4.77. The number of carboxylic acid groups (broad SMARTS) is 1. The van der Waals surface area contributed by atoms with E-state index >= 15 is 0 Å². The first kappa shape index (κ1) is 17.5. The van der Waals surface area contributed by atoms with Crippen molar-refractivity contribution in [2.24, 2.45) is 5.92 Å². The number of rotatable bonds is 5. The first-order valence-electron chi connectivity index (χ1n) is 7.96. The molecular weight excluding hydrogens is 353 g/mol. The van der Waals surface area contributed by atoms with Crippen molar-refractivity contribution in [3.05, 3.63) is 33.8 Å². The van der Waals surface area contributed by atoms with Crippen LogP contribution in [0.3, 0.4) is 0 Å².